The lowest BCUT2D eigenvalue weighted by Crippen LogP contribution is -2.32. The molecule has 0 amide bonds. The molecule has 2 N–H and O–H groups in total. The highest BCUT2D eigenvalue weighted by atomic mass is 35.5. The lowest BCUT2D eigenvalue weighted by Gasteiger charge is -2.17. The minimum absolute atomic E-state index is 0.0241. The van der Waals surface area contributed by atoms with Gasteiger partial charge in [0, 0.05) is 23.4 Å². The number of carbonyl (C=O) groups is 1. The fourth-order valence-electron chi connectivity index (χ4n) is 1.44. The van der Waals surface area contributed by atoms with E-state index < -0.39 is 0 Å². The molecular weight excluding hydrogens is 241 g/mol. The molecule has 0 saturated carbocycles. The molecule has 0 aromatic heterocycles. The lowest BCUT2D eigenvalue weighted by atomic mass is 9.96. The van der Waals surface area contributed by atoms with E-state index in [4.69, 9.17) is 17.3 Å². The molecule has 0 fully saturated rings. The first-order valence-corrected chi connectivity index (χ1v) is 5.90. The molecule has 0 aliphatic carbocycles. The van der Waals surface area contributed by atoms with Gasteiger partial charge in [-0.25, -0.2) is 4.39 Å². The molecule has 2 nitrogen and oxygen atoms in total. The second-order valence-electron chi connectivity index (χ2n) is 4.94. The van der Waals surface area contributed by atoms with Gasteiger partial charge in [0.2, 0.25) is 0 Å². The van der Waals surface area contributed by atoms with Crippen molar-refractivity contribution in [1.82, 2.24) is 0 Å². The highest BCUT2D eigenvalue weighted by molar-refractivity contribution is 6.31. The summed E-state index contributed by atoms with van der Waals surface area (Å²) in [6.45, 7) is 3.74. The van der Waals surface area contributed by atoms with Crippen LogP contribution in [0.25, 0.3) is 0 Å². The van der Waals surface area contributed by atoms with Gasteiger partial charge in [0.1, 0.15) is 11.6 Å². The van der Waals surface area contributed by atoms with Crippen molar-refractivity contribution in [2.75, 3.05) is 0 Å². The van der Waals surface area contributed by atoms with Crippen LogP contribution in [0.15, 0.2) is 18.2 Å². The topological polar surface area (TPSA) is 43.1 Å². The summed E-state index contributed by atoms with van der Waals surface area (Å²) in [5.74, 6) is -0.354. The highest BCUT2D eigenvalue weighted by Crippen LogP contribution is 2.19. The average molecular weight is 258 g/mol. The van der Waals surface area contributed by atoms with E-state index in [9.17, 15) is 9.18 Å². The number of nitrogens with two attached hydrogens (primary N) is 1. The van der Waals surface area contributed by atoms with Crippen molar-refractivity contribution >= 4 is 17.4 Å². The monoisotopic (exact) mass is 257 g/mol. The van der Waals surface area contributed by atoms with Crippen LogP contribution in [0.5, 0.6) is 0 Å². The van der Waals surface area contributed by atoms with Crippen LogP contribution in [0, 0.1) is 5.82 Å². The first-order valence-electron chi connectivity index (χ1n) is 5.52. The summed E-state index contributed by atoms with van der Waals surface area (Å²) >= 11 is 5.89. The molecule has 0 spiro atoms. The molecule has 0 bridgehead atoms. The Labute approximate surface area is 106 Å². The number of carbonyl (C=O) groups excluding carboxylic acids is 1. The van der Waals surface area contributed by atoms with Gasteiger partial charge in [-0.3, -0.25) is 4.79 Å². The van der Waals surface area contributed by atoms with Crippen LogP contribution in [0.4, 0.5) is 4.39 Å². The number of rotatable bonds is 5. The Morgan fingerprint density at radius 1 is 1.47 bits per heavy atom. The van der Waals surface area contributed by atoms with Crippen LogP contribution in [-0.2, 0) is 11.2 Å². The van der Waals surface area contributed by atoms with Crippen LogP contribution >= 0.6 is 11.6 Å². The zero-order valence-electron chi connectivity index (χ0n) is 10.1. The maximum atomic E-state index is 13.0. The van der Waals surface area contributed by atoms with Crippen molar-refractivity contribution in [3.63, 3.8) is 0 Å². The number of halogens is 2. The molecule has 0 aliphatic heterocycles. The second-order valence-corrected chi connectivity index (χ2v) is 5.35. The van der Waals surface area contributed by atoms with Gasteiger partial charge in [-0.15, -0.1) is 0 Å². The molecule has 1 aromatic rings. The minimum Gasteiger partial charge on any atom is -0.326 e. The number of Topliss-reactive ketones (excluding diaryl/α,β-unsaturated/α-hetero) is 1. The van der Waals surface area contributed by atoms with Gasteiger partial charge in [-0.1, -0.05) is 11.6 Å². The van der Waals surface area contributed by atoms with E-state index in [-0.39, 0.29) is 23.6 Å². The molecule has 0 atom stereocenters. The molecular formula is C13H17ClFNO. The van der Waals surface area contributed by atoms with E-state index in [1.165, 1.54) is 18.2 Å². The van der Waals surface area contributed by atoms with Gasteiger partial charge in [0.15, 0.2) is 0 Å². The van der Waals surface area contributed by atoms with E-state index >= 15 is 0 Å². The normalized spacial score (nSPS) is 11.6. The first kappa shape index (κ1) is 14.1. The van der Waals surface area contributed by atoms with Crippen molar-refractivity contribution < 1.29 is 9.18 Å². The zero-order chi connectivity index (χ0) is 13.1. The standard InChI is InChI=1S/C13H17ClFNO/c1-13(2,16)6-5-11(17)8-9-7-10(15)3-4-12(9)14/h3-4,7H,5-6,8,16H2,1-2H3. The zero-order valence-corrected chi connectivity index (χ0v) is 10.9. The maximum Gasteiger partial charge on any atom is 0.137 e. The SMILES string of the molecule is CC(C)(N)CCC(=O)Cc1cc(F)ccc1Cl. The molecule has 0 heterocycles. The highest BCUT2D eigenvalue weighted by Gasteiger charge is 2.14. The van der Waals surface area contributed by atoms with Crippen LogP contribution < -0.4 is 5.73 Å². The summed E-state index contributed by atoms with van der Waals surface area (Å²) in [6.07, 6.45) is 1.15. The summed E-state index contributed by atoms with van der Waals surface area (Å²) in [7, 11) is 0. The van der Waals surface area contributed by atoms with Crippen LogP contribution in [-0.4, -0.2) is 11.3 Å². The molecule has 0 unspecified atom stereocenters. The molecule has 4 heteroatoms. The van der Waals surface area contributed by atoms with Crippen molar-refractivity contribution in [2.24, 2.45) is 5.73 Å². The number of hydrogen-bond acceptors (Lipinski definition) is 2. The maximum absolute atomic E-state index is 13.0. The van der Waals surface area contributed by atoms with Crippen molar-refractivity contribution in [1.29, 1.82) is 0 Å². The van der Waals surface area contributed by atoms with E-state index in [0.717, 1.165) is 0 Å². The third-order valence-electron chi connectivity index (χ3n) is 2.44. The molecule has 1 rings (SSSR count). The van der Waals surface area contributed by atoms with E-state index in [0.29, 0.717) is 23.4 Å². The molecule has 17 heavy (non-hydrogen) atoms. The number of ketones is 1. The molecule has 0 radical (unpaired) electrons. The summed E-state index contributed by atoms with van der Waals surface area (Å²) < 4.78 is 13.0. The van der Waals surface area contributed by atoms with Gasteiger partial charge >= 0.3 is 0 Å². The fraction of sp³-hybridized carbons (Fsp3) is 0.462. The third kappa shape index (κ3) is 5.29. The van der Waals surface area contributed by atoms with Crippen LogP contribution in [0.1, 0.15) is 32.3 Å². The third-order valence-corrected chi connectivity index (χ3v) is 2.81. The molecule has 0 aliphatic rings. The molecule has 1 aromatic carbocycles. The van der Waals surface area contributed by atoms with Crippen molar-refractivity contribution in [3.8, 4) is 0 Å². The van der Waals surface area contributed by atoms with Crippen molar-refractivity contribution in [2.45, 2.75) is 38.6 Å². The lowest BCUT2D eigenvalue weighted by molar-refractivity contribution is -0.118. The van der Waals surface area contributed by atoms with Crippen LogP contribution in [0.2, 0.25) is 5.02 Å². The Morgan fingerprint density at radius 3 is 2.71 bits per heavy atom. The summed E-state index contributed by atoms with van der Waals surface area (Å²) in [5, 5.41) is 0.423. The predicted octanol–water partition coefficient (Wildman–Crippen LogP) is 3.11. The Morgan fingerprint density at radius 2 is 2.12 bits per heavy atom. The smallest absolute Gasteiger partial charge is 0.137 e. The summed E-state index contributed by atoms with van der Waals surface area (Å²) in [6, 6.07) is 4.04. The quantitative estimate of drug-likeness (QED) is 0.881. The van der Waals surface area contributed by atoms with Gasteiger partial charge in [-0.05, 0) is 44.0 Å². The molecule has 94 valence electrons. The second kappa shape index (κ2) is 5.61. The fourth-order valence-corrected chi connectivity index (χ4v) is 1.63. The predicted molar refractivity (Wildman–Crippen MR) is 67.6 cm³/mol. The van der Waals surface area contributed by atoms with Gasteiger partial charge in [0.05, 0.1) is 0 Å². The van der Waals surface area contributed by atoms with Crippen LogP contribution in [0.3, 0.4) is 0 Å². The van der Waals surface area contributed by atoms with Crippen molar-refractivity contribution in [3.05, 3.63) is 34.6 Å². The molecule has 0 saturated heterocycles. The summed E-state index contributed by atoms with van der Waals surface area (Å²) in [4.78, 5) is 11.7. The van der Waals surface area contributed by atoms with E-state index in [1.54, 1.807) is 0 Å². The average Bonchev–Trinajstić information content (AvgIpc) is 2.20. The largest absolute Gasteiger partial charge is 0.326 e. The Hall–Kier alpha value is -0.930. The Kier molecular flexibility index (Phi) is 4.66. The van der Waals surface area contributed by atoms with E-state index in [1.807, 2.05) is 13.8 Å². The number of hydrogen-bond donors (Lipinski definition) is 1. The first-order chi connectivity index (χ1) is 7.78. The Balaban J connectivity index is 2.59. The number of benzene rings is 1. The van der Waals surface area contributed by atoms with Gasteiger partial charge in [-0.2, -0.15) is 0 Å². The van der Waals surface area contributed by atoms with Gasteiger partial charge < -0.3 is 5.73 Å². The van der Waals surface area contributed by atoms with E-state index in [2.05, 4.69) is 0 Å². The minimum atomic E-state index is -0.378. The summed E-state index contributed by atoms with van der Waals surface area (Å²) in [5.41, 5.74) is 5.97. The Bertz CT molecular complexity index is 412. The van der Waals surface area contributed by atoms with Gasteiger partial charge in [0.25, 0.3) is 0 Å².